The zero-order valence-corrected chi connectivity index (χ0v) is 23.0. The van der Waals surface area contributed by atoms with Gasteiger partial charge in [0.15, 0.2) is 17.4 Å². The molecule has 1 N–H and O–H groups in total. The van der Waals surface area contributed by atoms with Crippen LogP contribution in [0.5, 0.6) is 5.75 Å². The van der Waals surface area contributed by atoms with E-state index in [0.717, 1.165) is 57.8 Å². The molecule has 6 rings (SSSR count). The van der Waals surface area contributed by atoms with Gasteiger partial charge in [0, 0.05) is 36.4 Å². The first-order chi connectivity index (χ1) is 19.4. The first-order valence-electron chi connectivity index (χ1n) is 14.1. The van der Waals surface area contributed by atoms with Crippen molar-refractivity contribution >= 4 is 23.0 Å². The van der Waals surface area contributed by atoms with Crippen molar-refractivity contribution in [1.29, 1.82) is 0 Å². The molecule has 2 aliphatic heterocycles. The number of aromatic nitrogens is 2. The number of benzene rings is 2. The van der Waals surface area contributed by atoms with E-state index in [2.05, 4.69) is 44.1 Å². The fraction of sp³-hybridized carbons (Fsp3) is 0.467. The minimum atomic E-state index is -0.670. The molecular formula is C30H35F3N6O. The highest BCUT2D eigenvalue weighted by molar-refractivity contribution is 5.73. The van der Waals surface area contributed by atoms with E-state index in [0.29, 0.717) is 47.9 Å². The molecule has 0 atom stereocenters. The molecule has 3 heterocycles. The quantitative estimate of drug-likeness (QED) is 0.404. The average Bonchev–Trinajstić information content (AvgIpc) is 3.49. The predicted octanol–water partition coefficient (Wildman–Crippen LogP) is 5.98. The summed E-state index contributed by atoms with van der Waals surface area (Å²) in [4.78, 5) is 14.9. The Balaban J connectivity index is 1.23. The van der Waals surface area contributed by atoms with Crippen LogP contribution >= 0.6 is 0 Å². The number of hydrogen-bond donors (Lipinski definition) is 1. The average molecular weight is 553 g/mol. The summed E-state index contributed by atoms with van der Waals surface area (Å²) >= 11 is 0. The first kappa shape index (κ1) is 26.7. The van der Waals surface area contributed by atoms with Crippen LogP contribution < -0.4 is 19.9 Å². The number of rotatable bonds is 6. The summed E-state index contributed by atoms with van der Waals surface area (Å²) in [5.74, 6) is -1.26. The number of fused-ring (bicyclic) bond motifs is 1. The third kappa shape index (κ3) is 5.29. The third-order valence-corrected chi connectivity index (χ3v) is 8.43. The van der Waals surface area contributed by atoms with Crippen molar-refractivity contribution in [1.82, 2.24) is 14.9 Å². The van der Waals surface area contributed by atoms with Crippen LogP contribution in [0.3, 0.4) is 0 Å². The Hall–Kier alpha value is -3.53. The molecule has 2 fully saturated rings. The van der Waals surface area contributed by atoms with Crippen LogP contribution in [0.2, 0.25) is 0 Å². The fourth-order valence-electron chi connectivity index (χ4n) is 6.26. The number of ether oxygens (including phenoxy) is 1. The molecule has 0 unspecified atom stereocenters. The summed E-state index contributed by atoms with van der Waals surface area (Å²) < 4.78 is 50.9. The van der Waals surface area contributed by atoms with Crippen LogP contribution in [0, 0.1) is 17.5 Å². The SMILES string of the molecule is CN(C)C1CCN(c2ccc(Nc3ncc(F)c(-c4cc(F)c5c(c4)N(C4CCCC4)CCO5)n3)cc2F)CC1. The van der Waals surface area contributed by atoms with Crippen molar-refractivity contribution in [3.05, 3.63) is 54.0 Å². The number of anilines is 4. The minimum Gasteiger partial charge on any atom is -0.486 e. The van der Waals surface area contributed by atoms with Crippen LogP contribution in [-0.4, -0.2) is 67.3 Å². The van der Waals surface area contributed by atoms with Gasteiger partial charge in [-0.2, -0.15) is 0 Å². The molecule has 212 valence electrons. The Bertz CT molecular complexity index is 1370. The molecule has 2 aromatic carbocycles. The number of hydrogen-bond acceptors (Lipinski definition) is 7. The highest BCUT2D eigenvalue weighted by Gasteiger charge is 2.30. The Kier molecular flexibility index (Phi) is 7.44. The van der Waals surface area contributed by atoms with E-state index in [1.165, 1.54) is 12.1 Å². The van der Waals surface area contributed by atoms with Crippen LogP contribution in [0.1, 0.15) is 38.5 Å². The monoisotopic (exact) mass is 552 g/mol. The molecule has 1 saturated carbocycles. The maximum atomic E-state index is 15.2. The van der Waals surface area contributed by atoms with Crippen molar-refractivity contribution in [2.45, 2.75) is 50.6 Å². The molecule has 0 radical (unpaired) electrons. The maximum Gasteiger partial charge on any atom is 0.227 e. The molecule has 0 bridgehead atoms. The second kappa shape index (κ2) is 11.2. The van der Waals surface area contributed by atoms with E-state index in [1.54, 1.807) is 18.2 Å². The van der Waals surface area contributed by atoms with Gasteiger partial charge >= 0.3 is 0 Å². The van der Waals surface area contributed by atoms with Gasteiger partial charge in [-0.3, -0.25) is 0 Å². The van der Waals surface area contributed by atoms with Crippen molar-refractivity contribution in [2.24, 2.45) is 0 Å². The zero-order chi connectivity index (χ0) is 27.8. The Labute approximate surface area is 233 Å². The van der Waals surface area contributed by atoms with E-state index in [4.69, 9.17) is 4.74 Å². The van der Waals surface area contributed by atoms with E-state index in [-0.39, 0.29) is 23.2 Å². The third-order valence-electron chi connectivity index (χ3n) is 8.43. The number of nitrogens with one attached hydrogen (secondary N) is 1. The Morgan fingerprint density at radius 3 is 2.40 bits per heavy atom. The second-order valence-electron chi connectivity index (χ2n) is 11.1. The Morgan fingerprint density at radius 2 is 1.68 bits per heavy atom. The minimum absolute atomic E-state index is 0.0306. The standard InChI is InChI=1S/C30H35F3N6O/c1-37(2)21-9-11-38(12-10-21)26-8-7-20(17-23(26)31)35-30-34-18-25(33)28(36-30)19-15-24(32)29-27(16-19)39(13-14-40-29)22-5-3-4-6-22/h7-8,15-18,21-22H,3-6,9-14H2,1-2H3,(H,34,35,36). The van der Waals surface area contributed by atoms with E-state index >= 15 is 8.78 Å². The molecule has 0 spiro atoms. The summed E-state index contributed by atoms with van der Waals surface area (Å²) in [5.41, 5.74) is 1.90. The van der Waals surface area contributed by atoms with Crippen LogP contribution in [-0.2, 0) is 0 Å². The molecule has 0 amide bonds. The molecule has 7 nitrogen and oxygen atoms in total. The lowest BCUT2D eigenvalue weighted by Gasteiger charge is -2.36. The van der Waals surface area contributed by atoms with Gasteiger partial charge in [0.05, 0.1) is 24.1 Å². The van der Waals surface area contributed by atoms with Crippen molar-refractivity contribution in [3.63, 3.8) is 0 Å². The lowest BCUT2D eigenvalue weighted by atomic mass is 10.0. The van der Waals surface area contributed by atoms with Crippen LogP contribution in [0.4, 0.5) is 36.2 Å². The van der Waals surface area contributed by atoms with Crippen molar-refractivity contribution < 1.29 is 17.9 Å². The van der Waals surface area contributed by atoms with Crippen LogP contribution in [0.15, 0.2) is 36.5 Å². The van der Waals surface area contributed by atoms with Gasteiger partial charge in [-0.1, -0.05) is 12.8 Å². The molecule has 3 aromatic rings. The summed E-state index contributed by atoms with van der Waals surface area (Å²) in [7, 11) is 4.15. The van der Waals surface area contributed by atoms with Gasteiger partial charge in [-0.05, 0) is 70.1 Å². The van der Waals surface area contributed by atoms with Gasteiger partial charge < -0.3 is 24.8 Å². The summed E-state index contributed by atoms with van der Waals surface area (Å²) in [6.45, 7) is 2.66. The summed E-state index contributed by atoms with van der Waals surface area (Å²) in [5, 5.41) is 2.98. The number of piperidine rings is 1. The zero-order valence-electron chi connectivity index (χ0n) is 23.0. The Morgan fingerprint density at radius 1 is 0.900 bits per heavy atom. The van der Waals surface area contributed by atoms with E-state index < -0.39 is 11.6 Å². The first-order valence-corrected chi connectivity index (χ1v) is 14.1. The number of halogens is 3. The van der Waals surface area contributed by atoms with Gasteiger partial charge in [0.2, 0.25) is 5.95 Å². The maximum absolute atomic E-state index is 15.2. The molecule has 10 heteroatoms. The van der Waals surface area contributed by atoms with Gasteiger partial charge in [-0.25, -0.2) is 23.1 Å². The molecule has 3 aliphatic rings. The number of nitrogens with zero attached hydrogens (tertiary/aromatic N) is 5. The second-order valence-corrected chi connectivity index (χ2v) is 11.1. The lowest BCUT2D eigenvalue weighted by Crippen LogP contribution is -2.42. The highest BCUT2D eigenvalue weighted by Crippen LogP contribution is 2.41. The molecule has 1 aliphatic carbocycles. The van der Waals surface area contributed by atoms with Gasteiger partial charge in [0.25, 0.3) is 0 Å². The highest BCUT2D eigenvalue weighted by atomic mass is 19.1. The molecular weight excluding hydrogens is 517 g/mol. The van der Waals surface area contributed by atoms with E-state index in [9.17, 15) is 4.39 Å². The summed E-state index contributed by atoms with van der Waals surface area (Å²) in [6, 6.07) is 8.73. The lowest BCUT2D eigenvalue weighted by molar-refractivity contribution is 0.249. The summed E-state index contributed by atoms with van der Waals surface area (Å²) in [6.07, 6.45) is 7.39. The molecule has 40 heavy (non-hydrogen) atoms. The largest absolute Gasteiger partial charge is 0.486 e. The van der Waals surface area contributed by atoms with E-state index in [1.807, 2.05) is 0 Å². The van der Waals surface area contributed by atoms with Gasteiger partial charge in [-0.15, -0.1) is 0 Å². The van der Waals surface area contributed by atoms with Gasteiger partial charge in [0.1, 0.15) is 18.1 Å². The molecule has 1 aromatic heterocycles. The smallest absolute Gasteiger partial charge is 0.227 e. The van der Waals surface area contributed by atoms with Crippen LogP contribution in [0.25, 0.3) is 11.3 Å². The normalized spacial score (nSPS) is 18.2. The van der Waals surface area contributed by atoms with Crippen molar-refractivity contribution in [2.75, 3.05) is 55.5 Å². The fourth-order valence-corrected chi connectivity index (χ4v) is 6.26. The topological polar surface area (TPSA) is 56.8 Å². The predicted molar refractivity (Wildman–Crippen MR) is 151 cm³/mol. The molecule has 1 saturated heterocycles. The van der Waals surface area contributed by atoms with Crippen molar-refractivity contribution in [3.8, 4) is 17.0 Å².